The number of hydrogen-bond donors (Lipinski definition) is 5. The number of aromatic nitrogens is 2. The third kappa shape index (κ3) is 3.73. The van der Waals surface area contributed by atoms with E-state index >= 15 is 0 Å². The van der Waals surface area contributed by atoms with Crippen LogP contribution in [0.2, 0.25) is 0 Å². The van der Waals surface area contributed by atoms with Gasteiger partial charge in [0.05, 0.1) is 18.5 Å². The number of halogens is 3. The van der Waals surface area contributed by atoms with Gasteiger partial charge in [0.2, 0.25) is 5.60 Å². The van der Waals surface area contributed by atoms with Gasteiger partial charge in [0.15, 0.2) is 11.5 Å². The second-order valence-corrected chi connectivity index (χ2v) is 9.28. The number of hydrogen-bond acceptors (Lipinski definition) is 7. The van der Waals surface area contributed by atoms with Gasteiger partial charge in [-0.05, 0) is 55.2 Å². The molecule has 0 aliphatic heterocycles. The number of alkyl halides is 3. The highest BCUT2D eigenvalue weighted by Gasteiger charge is 2.61. The molecule has 0 unspecified atom stereocenters. The summed E-state index contributed by atoms with van der Waals surface area (Å²) in [6, 6.07) is 3.50. The lowest BCUT2D eigenvalue weighted by Gasteiger charge is -2.46. The minimum atomic E-state index is -5.11. The molecular formula is C22H25F3N4O4. The van der Waals surface area contributed by atoms with Crippen LogP contribution < -0.4 is 11.1 Å². The zero-order chi connectivity index (χ0) is 24.2. The van der Waals surface area contributed by atoms with Crippen LogP contribution in [0.25, 0.3) is 11.3 Å². The van der Waals surface area contributed by atoms with E-state index in [0.717, 1.165) is 25.0 Å². The molecule has 2 bridgehead atoms. The van der Waals surface area contributed by atoms with E-state index in [0.29, 0.717) is 18.4 Å². The van der Waals surface area contributed by atoms with Crippen LogP contribution in [0.15, 0.2) is 24.4 Å². The first-order valence-corrected chi connectivity index (χ1v) is 10.4. The van der Waals surface area contributed by atoms with E-state index in [1.807, 2.05) is 0 Å². The van der Waals surface area contributed by atoms with Crippen LogP contribution in [0.4, 0.5) is 19.0 Å². The van der Waals surface area contributed by atoms with Crippen molar-refractivity contribution in [2.75, 3.05) is 18.9 Å². The summed E-state index contributed by atoms with van der Waals surface area (Å²) < 4.78 is 40.2. The molecule has 1 aromatic carbocycles. The van der Waals surface area contributed by atoms with Crippen molar-refractivity contribution in [2.24, 2.45) is 5.41 Å². The molecule has 2 aromatic rings. The number of carbonyl (C=O) groups is 1. The molecule has 0 radical (unpaired) electrons. The molecule has 1 heterocycles. The normalized spacial score (nSPS) is 25.9. The lowest BCUT2D eigenvalue weighted by atomic mass is 9.65. The van der Waals surface area contributed by atoms with Crippen molar-refractivity contribution in [2.45, 2.75) is 49.9 Å². The number of anilines is 1. The van der Waals surface area contributed by atoms with Crippen molar-refractivity contribution in [3.8, 4) is 11.3 Å². The Morgan fingerprint density at radius 2 is 1.94 bits per heavy atom. The Morgan fingerprint density at radius 3 is 2.52 bits per heavy atom. The number of nitrogens with one attached hydrogen (secondary N) is 1. The van der Waals surface area contributed by atoms with Crippen LogP contribution >= 0.6 is 0 Å². The molecule has 3 aliphatic carbocycles. The molecule has 1 amide bonds. The van der Waals surface area contributed by atoms with Gasteiger partial charge in [0.25, 0.3) is 5.91 Å². The van der Waals surface area contributed by atoms with E-state index in [9.17, 15) is 33.3 Å². The molecule has 3 aliphatic rings. The smallest absolute Gasteiger partial charge is 0.396 e. The minimum absolute atomic E-state index is 0.0653. The monoisotopic (exact) mass is 466 g/mol. The van der Waals surface area contributed by atoms with Crippen molar-refractivity contribution in [1.82, 2.24) is 15.3 Å². The standard InChI is InChI=1S/C22H25F3N4O4/c1-12-2-3-13(21(33,11-31)22(23,24)25)6-14(12)15-7-27-17(26)16(28-15)18(32)29-20-5-4-19(8-20,9-20)10-30/h2-3,6-7,30-31,33H,4-5,8-11H2,1H3,(H2,26,27)(H,29,32)/t19?,20?,21-/m1/s1. The largest absolute Gasteiger partial charge is 0.423 e. The van der Waals surface area contributed by atoms with Gasteiger partial charge in [0, 0.05) is 17.7 Å². The summed E-state index contributed by atoms with van der Waals surface area (Å²) in [5.41, 5.74) is 1.93. The number of aryl methyl sites for hydroxylation is 1. The summed E-state index contributed by atoms with van der Waals surface area (Å²) in [5, 5.41) is 31.9. The third-order valence-electron chi connectivity index (χ3n) is 6.98. The third-order valence-corrected chi connectivity index (χ3v) is 6.98. The lowest BCUT2D eigenvalue weighted by molar-refractivity contribution is -0.277. The van der Waals surface area contributed by atoms with Crippen LogP contribution in [0.5, 0.6) is 0 Å². The first-order chi connectivity index (χ1) is 15.4. The quantitative estimate of drug-likeness (QED) is 0.437. The average molecular weight is 466 g/mol. The van der Waals surface area contributed by atoms with Gasteiger partial charge in [-0.1, -0.05) is 12.1 Å². The Bertz CT molecular complexity index is 1100. The average Bonchev–Trinajstić information content (AvgIpc) is 3.29. The topological polar surface area (TPSA) is 142 Å². The second-order valence-electron chi connectivity index (χ2n) is 9.28. The number of rotatable bonds is 6. The predicted octanol–water partition coefficient (Wildman–Crippen LogP) is 1.81. The number of nitrogens with two attached hydrogens (primary N) is 1. The highest BCUT2D eigenvalue weighted by molar-refractivity contribution is 5.97. The van der Waals surface area contributed by atoms with Crippen molar-refractivity contribution < 1.29 is 33.3 Å². The summed E-state index contributed by atoms with van der Waals surface area (Å²) >= 11 is 0. The zero-order valence-corrected chi connectivity index (χ0v) is 17.9. The van der Waals surface area contributed by atoms with E-state index in [1.54, 1.807) is 6.92 Å². The van der Waals surface area contributed by atoms with E-state index in [-0.39, 0.29) is 34.8 Å². The summed E-state index contributed by atoms with van der Waals surface area (Å²) in [4.78, 5) is 21.2. The van der Waals surface area contributed by atoms with Gasteiger partial charge in [-0.3, -0.25) is 4.79 Å². The maximum atomic E-state index is 13.4. The van der Waals surface area contributed by atoms with E-state index < -0.39 is 35.4 Å². The molecule has 0 saturated heterocycles. The molecule has 33 heavy (non-hydrogen) atoms. The summed E-state index contributed by atoms with van der Waals surface area (Å²) in [6.45, 7) is 0.135. The summed E-state index contributed by atoms with van der Waals surface area (Å²) in [7, 11) is 0. The van der Waals surface area contributed by atoms with Crippen molar-refractivity contribution in [1.29, 1.82) is 0 Å². The Balaban J connectivity index is 1.66. The SMILES string of the molecule is Cc1ccc([C@](O)(CO)C(F)(F)F)cc1-c1cnc(N)c(C(=O)NC23CCC(CO)(C2)C3)n1. The van der Waals surface area contributed by atoms with Crippen LogP contribution in [0.1, 0.15) is 47.3 Å². The molecule has 8 nitrogen and oxygen atoms in total. The van der Waals surface area contributed by atoms with E-state index in [4.69, 9.17) is 5.73 Å². The van der Waals surface area contributed by atoms with Gasteiger partial charge in [-0.2, -0.15) is 13.2 Å². The number of amides is 1. The second kappa shape index (κ2) is 7.64. The molecule has 1 aromatic heterocycles. The molecule has 11 heteroatoms. The zero-order valence-electron chi connectivity index (χ0n) is 17.9. The maximum Gasteiger partial charge on any atom is 0.423 e. The lowest BCUT2D eigenvalue weighted by Crippen LogP contribution is -2.56. The minimum Gasteiger partial charge on any atom is -0.396 e. The van der Waals surface area contributed by atoms with Gasteiger partial charge >= 0.3 is 6.18 Å². The molecule has 0 spiro atoms. The number of fused-ring (bicyclic) bond motifs is 1. The van der Waals surface area contributed by atoms with Crippen LogP contribution in [0.3, 0.4) is 0 Å². The Morgan fingerprint density at radius 1 is 1.24 bits per heavy atom. The number of nitrogens with zero attached hydrogens (tertiary/aromatic N) is 2. The molecule has 178 valence electrons. The highest BCUT2D eigenvalue weighted by atomic mass is 19.4. The number of nitrogen functional groups attached to an aromatic ring is 1. The van der Waals surface area contributed by atoms with Crippen LogP contribution in [0, 0.1) is 12.3 Å². The van der Waals surface area contributed by atoms with E-state index in [1.165, 1.54) is 12.3 Å². The Kier molecular flexibility index (Phi) is 5.42. The van der Waals surface area contributed by atoms with Gasteiger partial charge < -0.3 is 26.4 Å². The predicted molar refractivity (Wildman–Crippen MR) is 112 cm³/mol. The Hall–Kier alpha value is -2.76. The van der Waals surface area contributed by atoms with Crippen molar-refractivity contribution in [3.63, 3.8) is 0 Å². The van der Waals surface area contributed by atoms with Gasteiger partial charge in [-0.15, -0.1) is 0 Å². The Labute approximate surface area is 187 Å². The van der Waals surface area contributed by atoms with Crippen molar-refractivity contribution in [3.05, 3.63) is 41.2 Å². The first kappa shape index (κ1) is 23.4. The molecule has 5 rings (SSSR count). The molecule has 3 saturated carbocycles. The van der Waals surface area contributed by atoms with Crippen LogP contribution in [-0.4, -0.2) is 56.1 Å². The molecular weight excluding hydrogens is 441 g/mol. The number of carbonyl (C=O) groups excluding carboxylic acids is 1. The summed E-state index contributed by atoms with van der Waals surface area (Å²) in [5.74, 6) is -0.680. The number of aliphatic hydroxyl groups excluding tert-OH is 2. The van der Waals surface area contributed by atoms with E-state index in [2.05, 4.69) is 15.3 Å². The first-order valence-electron chi connectivity index (χ1n) is 10.4. The highest BCUT2D eigenvalue weighted by Crippen LogP contribution is 2.61. The molecule has 3 fully saturated rings. The van der Waals surface area contributed by atoms with Crippen LogP contribution in [-0.2, 0) is 5.60 Å². The molecule has 6 N–H and O–H groups in total. The van der Waals surface area contributed by atoms with Gasteiger partial charge in [-0.25, -0.2) is 9.97 Å². The summed E-state index contributed by atoms with van der Waals surface area (Å²) in [6.07, 6.45) is -1.02. The number of aliphatic hydroxyl groups is 3. The fraction of sp³-hybridized carbons (Fsp3) is 0.500. The maximum absolute atomic E-state index is 13.4. The number of benzene rings is 1. The van der Waals surface area contributed by atoms with Crippen molar-refractivity contribution >= 4 is 11.7 Å². The van der Waals surface area contributed by atoms with Gasteiger partial charge in [0.1, 0.15) is 0 Å². The fourth-order valence-corrected chi connectivity index (χ4v) is 5.08. The fourth-order valence-electron chi connectivity index (χ4n) is 5.08. The molecule has 1 atom stereocenters.